The summed E-state index contributed by atoms with van der Waals surface area (Å²) in [4.78, 5) is 10.5. The van der Waals surface area contributed by atoms with Gasteiger partial charge in [-0.15, -0.1) is 0 Å². The minimum atomic E-state index is 0.590. The van der Waals surface area contributed by atoms with E-state index in [1.807, 2.05) is 6.07 Å². The quantitative estimate of drug-likeness (QED) is 0.783. The third-order valence-electron chi connectivity index (χ3n) is 5.05. The molecule has 1 saturated heterocycles. The van der Waals surface area contributed by atoms with Crippen LogP contribution in [0.2, 0.25) is 0 Å². The van der Waals surface area contributed by atoms with Crippen molar-refractivity contribution >= 4 is 16.7 Å². The molecule has 1 aliphatic rings. The number of piperidine rings is 1. The van der Waals surface area contributed by atoms with Crippen LogP contribution in [0.5, 0.6) is 5.75 Å². The third-order valence-corrected chi connectivity index (χ3v) is 5.05. The van der Waals surface area contributed by atoms with Crippen LogP contribution in [0.25, 0.3) is 10.9 Å². The van der Waals surface area contributed by atoms with Crippen molar-refractivity contribution in [2.75, 3.05) is 25.1 Å². The average Bonchev–Trinajstić information content (AvgIpc) is 3.05. The van der Waals surface area contributed by atoms with Crippen LogP contribution >= 0.6 is 0 Å². The Hall–Kier alpha value is -2.49. The Morgan fingerprint density at radius 2 is 2.00 bits per heavy atom. The summed E-state index contributed by atoms with van der Waals surface area (Å²) in [6.07, 6.45) is 4.48. The first-order chi connectivity index (χ1) is 11.7. The number of methoxy groups -OCH3 is 1. The molecule has 3 aromatic rings. The van der Waals surface area contributed by atoms with Gasteiger partial charge < -0.3 is 14.6 Å². The Labute approximate surface area is 142 Å². The molecule has 0 aliphatic carbocycles. The van der Waals surface area contributed by atoms with E-state index in [9.17, 15) is 0 Å². The predicted octanol–water partition coefficient (Wildman–Crippen LogP) is 4.26. The molecule has 0 spiro atoms. The fourth-order valence-electron chi connectivity index (χ4n) is 3.71. The smallest absolute Gasteiger partial charge is 0.128 e. The normalized spacial score (nSPS) is 15.8. The van der Waals surface area contributed by atoms with Crippen molar-refractivity contribution in [1.82, 2.24) is 9.97 Å². The van der Waals surface area contributed by atoms with Crippen LogP contribution in [0.1, 0.15) is 30.0 Å². The molecule has 0 radical (unpaired) electrons. The molecule has 0 bridgehead atoms. The third kappa shape index (κ3) is 2.73. The van der Waals surface area contributed by atoms with E-state index in [0.29, 0.717) is 5.92 Å². The number of benzene rings is 1. The molecule has 4 heteroatoms. The molecular weight excluding hydrogens is 298 g/mol. The summed E-state index contributed by atoms with van der Waals surface area (Å²) in [5, 5.41) is 1.29. The van der Waals surface area contributed by atoms with Crippen LogP contribution < -0.4 is 9.64 Å². The molecule has 3 heterocycles. The molecule has 1 N–H and O–H groups in total. The molecule has 1 fully saturated rings. The van der Waals surface area contributed by atoms with E-state index in [-0.39, 0.29) is 0 Å². The van der Waals surface area contributed by atoms with Gasteiger partial charge in [0.1, 0.15) is 11.6 Å². The Balaban J connectivity index is 1.53. The molecule has 24 heavy (non-hydrogen) atoms. The van der Waals surface area contributed by atoms with Gasteiger partial charge in [-0.2, -0.15) is 0 Å². The summed E-state index contributed by atoms with van der Waals surface area (Å²) in [6.45, 7) is 4.16. The van der Waals surface area contributed by atoms with Crippen LogP contribution in [-0.2, 0) is 0 Å². The van der Waals surface area contributed by atoms with Crippen LogP contribution in [0.3, 0.4) is 0 Å². The Bertz CT molecular complexity index is 847. The molecule has 1 aromatic carbocycles. The zero-order valence-corrected chi connectivity index (χ0v) is 14.2. The number of anilines is 1. The average molecular weight is 321 g/mol. The number of aryl methyl sites for hydroxylation is 1. The van der Waals surface area contributed by atoms with E-state index in [1.54, 1.807) is 7.11 Å². The number of hydrogen-bond acceptors (Lipinski definition) is 3. The molecule has 0 atom stereocenters. The highest BCUT2D eigenvalue weighted by Crippen LogP contribution is 2.35. The van der Waals surface area contributed by atoms with E-state index in [4.69, 9.17) is 4.74 Å². The van der Waals surface area contributed by atoms with Gasteiger partial charge in [-0.1, -0.05) is 6.07 Å². The number of fused-ring (bicyclic) bond motifs is 1. The minimum absolute atomic E-state index is 0.590. The number of pyridine rings is 1. The van der Waals surface area contributed by atoms with Crippen LogP contribution in [0.4, 0.5) is 5.82 Å². The Morgan fingerprint density at radius 1 is 1.17 bits per heavy atom. The monoisotopic (exact) mass is 321 g/mol. The summed E-state index contributed by atoms with van der Waals surface area (Å²) in [5.74, 6) is 2.62. The lowest BCUT2D eigenvalue weighted by Crippen LogP contribution is -2.33. The zero-order chi connectivity index (χ0) is 16.5. The summed E-state index contributed by atoms with van der Waals surface area (Å²) >= 11 is 0. The van der Waals surface area contributed by atoms with E-state index in [2.05, 4.69) is 58.3 Å². The molecule has 4 rings (SSSR count). The van der Waals surface area contributed by atoms with Crippen molar-refractivity contribution in [3.05, 3.63) is 53.9 Å². The Kier molecular flexibility index (Phi) is 3.89. The predicted molar refractivity (Wildman–Crippen MR) is 98.0 cm³/mol. The van der Waals surface area contributed by atoms with Crippen LogP contribution in [-0.4, -0.2) is 30.2 Å². The van der Waals surface area contributed by atoms with Crippen molar-refractivity contribution in [3.8, 4) is 5.75 Å². The van der Waals surface area contributed by atoms with Gasteiger partial charge in [0.25, 0.3) is 0 Å². The summed E-state index contributed by atoms with van der Waals surface area (Å²) in [7, 11) is 1.72. The van der Waals surface area contributed by atoms with Crippen molar-refractivity contribution in [2.45, 2.75) is 25.7 Å². The fraction of sp³-hybridized carbons (Fsp3) is 0.350. The first-order valence-electron chi connectivity index (χ1n) is 8.58. The van der Waals surface area contributed by atoms with Crippen LogP contribution in [0, 0.1) is 6.92 Å². The lowest BCUT2D eigenvalue weighted by atomic mass is 9.89. The van der Waals surface area contributed by atoms with Crippen molar-refractivity contribution in [2.24, 2.45) is 0 Å². The lowest BCUT2D eigenvalue weighted by molar-refractivity contribution is 0.415. The number of ether oxygens (including phenoxy) is 1. The molecule has 0 saturated carbocycles. The molecule has 4 nitrogen and oxygen atoms in total. The van der Waals surface area contributed by atoms with Gasteiger partial charge >= 0.3 is 0 Å². The second kappa shape index (κ2) is 6.19. The van der Waals surface area contributed by atoms with Crippen molar-refractivity contribution < 1.29 is 4.74 Å². The fourth-order valence-corrected chi connectivity index (χ4v) is 3.71. The van der Waals surface area contributed by atoms with Gasteiger partial charge in [0.2, 0.25) is 0 Å². The van der Waals surface area contributed by atoms with E-state index in [0.717, 1.165) is 43.2 Å². The Morgan fingerprint density at radius 3 is 2.75 bits per heavy atom. The summed E-state index contributed by atoms with van der Waals surface area (Å²) in [5.41, 5.74) is 3.69. The molecule has 124 valence electrons. The summed E-state index contributed by atoms with van der Waals surface area (Å²) in [6, 6.07) is 12.5. The standard InChI is InChI=1S/C20H23N3O/c1-14-4-3-5-20(22-14)23-10-8-15(9-11-23)18-13-21-19-7-6-16(24-2)12-17(18)19/h3-7,12-13,15,21H,8-11H2,1-2H3. The maximum Gasteiger partial charge on any atom is 0.128 e. The van der Waals surface area contributed by atoms with Crippen LogP contribution in [0.15, 0.2) is 42.6 Å². The van der Waals surface area contributed by atoms with Gasteiger partial charge in [-0.05, 0) is 61.6 Å². The lowest BCUT2D eigenvalue weighted by Gasteiger charge is -2.33. The summed E-state index contributed by atoms with van der Waals surface area (Å²) < 4.78 is 5.39. The molecule has 1 aliphatic heterocycles. The number of aromatic nitrogens is 2. The van der Waals surface area contributed by atoms with E-state index < -0.39 is 0 Å². The van der Waals surface area contributed by atoms with Gasteiger partial charge in [0.15, 0.2) is 0 Å². The molecular formula is C20H23N3O. The van der Waals surface area contributed by atoms with E-state index >= 15 is 0 Å². The zero-order valence-electron chi connectivity index (χ0n) is 14.2. The second-order valence-electron chi connectivity index (χ2n) is 6.55. The second-order valence-corrected chi connectivity index (χ2v) is 6.55. The van der Waals surface area contributed by atoms with Gasteiger partial charge in [0, 0.05) is 35.9 Å². The number of nitrogens with one attached hydrogen (secondary N) is 1. The number of aromatic amines is 1. The first-order valence-corrected chi connectivity index (χ1v) is 8.58. The number of rotatable bonds is 3. The highest BCUT2D eigenvalue weighted by Gasteiger charge is 2.23. The maximum absolute atomic E-state index is 5.39. The number of H-pyrrole nitrogens is 1. The number of nitrogens with zero attached hydrogens (tertiary/aromatic N) is 2. The minimum Gasteiger partial charge on any atom is -0.497 e. The highest BCUT2D eigenvalue weighted by molar-refractivity contribution is 5.85. The van der Waals surface area contributed by atoms with Gasteiger partial charge in [-0.25, -0.2) is 4.98 Å². The number of hydrogen-bond donors (Lipinski definition) is 1. The van der Waals surface area contributed by atoms with Crippen molar-refractivity contribution in [1.29, 1.82) is 0 Å². The molecule has 0 unspecified atom stereocenters. The first kappa shape index (κ1) is 15.1. The van der Waals surface area contributed by atoms with E-state index in [1.165, 1.54) is 16.5 Å². The molecule has 2 aromatic heterocycles. The SMILES string of the molecule is COc1ccc2[nH]cc(C3CCN(c4cccc(C)n4)CC3)c2c1. The maximum atomic E-state index is 5.39. The van der Waals surface area contributed by atoms with Gasteiger partial charge in [0.05, 0.1) is 7.11 Å². The van der Waals surface area contributed by atoms with Crippen molar-refractivity contribution in [3.63, 3.8) is 0 Å². The topological polar surface area (TPSA) is 41.1 Å². The largest absolute Gasteiger partial charge is 0.497 e. The molecule has 0 amide bonds. The van der Waals surface area contributed by atoms with Gasteiger partial charge in [-0.3, -0.25) is 0 Å². The highest BCUT2D eigenvalue weighted by atomic mass is 16.5.